The van der Waals surface area contributed by atoms with Gasteiger partial charge in [-0.15, -0.1) is 5.06 Å². The third-order valence-corrected chi connectivity index (χ3v) is 6.08. The van der Waals surface area contributed by atoms with Gasteiger partial charge in [0.05, 0.1) is 19.3 Å². The summed E-state index contributed by atoms with van der Waals surface area (Å²) in [6.07, 6.45) is -15.9. The van der Waals surface area contributed by atoms with Gasteiger partial charge >= 0.3 is 0 Å². The molecule has 2 fully saturated rings. The average molecular weight is 470 g/mol. The SMILES string of the molecule is NCCCC[C@@H](C=O)N(O)C1(C2O[C@H](CO)[C@@H](O)[C@H](O)[C@H]2O)O[C@H](CO)[C@H](O)[C@H](O)[C@H]1O. The zero-order chi connectivity index (χ0) is 24.2. The van der Waals surface area contributed by atoms with Gasteiger partial charge in [-0.25, -0.2) is 0 Å². The molecule has 0 amide bonds. The van der Waals surface area contributed by atoms with Gasteiger partial charge in [-0.1, -0.05) is 6.42 Å². The van der Waals surface area contributed by atoms with Crippen molar-refractivity contribution >= 4 is 6.29 Å². The summed E-state index contributed by atoms with van der Waals surface area (Å²) in [5.74, 6) is 0. The van der Waals surface area contributed by atoms with Crippen LogP contribution in [0.4, 0.5) is 0 Å². The highest BCUT2D eigenvalue weighted by Gasteiger charge is 2.66. The molecule has 32 heavy (non-hydrogen) atoms. The predicted octanol–water partition coefficient (Wildman–Crippen LogP) is -5.61. The fourth-order valence-corrected chi connectivity index (χ4v) is 4.18. The van der Waals surface area contributed by atoms with Crippen molar-refractivity contribution in [2.75, 3.05) is 19.8 Å². The third-order valence-electron chi connectivity index (χ3n) is 6.08. The lowest BCUT2D eigenvalue weighted by molar-refractivity contribution is -0.429. The standard InChI is InChI=1S/C18H34N2O12/c19-4-2-1-3-8(5-21)20(30)18(16(29)14(27)12(25)10(7-23)32-18)17-15(28)13(26)11(24)9(6-22)31-17/h5,8-17,22-30H,1-4,6-7,19H2/t8-,9+,10+,11+,12-,13-,14-,15+,16+,17?,18?/m0/s1. The minimum atomic E-state index is -2.71. The first-order valence-corrected chi connectivity index (χ1v) is 10.4. The van der Waals surface area contributed by atoms with Crippen LogP contribution in [0, 0.1) is 0 Å². The summed E-state index contributed by atoms with van der Waals surface area (Å²) in [4.78, 5) is 11.8. The quantitative estimate of drug-likeness (QED) is 0.0812. The molecule has 11 N–H and O–H groups in total. The van der Waals surface area contributed by atoms with E-state index in [1.165, 1.54) is 0 Å². The highest BCUT2D eigenvalue weighted by atomic mass is 16.7. The monoisotopic (exact) mass is 470 g/mol. The lowest BCUT2D eigenvalue weighted by Gasteiger charge is -2.58. The molecule has 2 aliphatic rings. The van der Waals surface area contributed by atoms with Crippen molar-refractivity contribution in [1.29, 1.82) is 0 Å². The third kappa shape index (κ3) is 4.83. The van der Waals surface area contributed by atoms with E-state index in [1.807, 2.05) is 0 Å². The number of hydrogen-bond donors (Lipinski definition) is 10. The molecule has 14 nitrogen and oxygen atoms in total. The van der Waals surface area contributed by atoms with E-state index in [-0.39, 0.29) is 11.5 Å². The number of aliphatic hydroxyl groups is 8. The summed E-state index contributed by atoms with van der Waals surface area (Å²) in [6.45, 7) is -1.45. The largest absolute Gasteiger partial charge is 0.394 e. The lowest BCUT2D eigenvalue weighted by Crippen LogP contribution is -2.80. The molecule has 2 rings (SSSR count). The van der Waals surface area contributed by atoms with Crippen LogP contribution in [-0.4, -0.2) is 144 Å². The van der Waals surface area contributed by atoms with E-state index in [9.17, 15) is 50.9 Å². The van der Waals surface area contributed by atoms with Gasteiger partial charge in [0.2, 0.25) is 5.72 Å². The predicted molar refractivity (Wildman–Crippen MR) is 103 cm³/mol. The van der Waals surface area contributed by atoms with Crippen LogP contribution in [0.2, 0.25) is 0 Å². The fourth-order valence-electron chi connectivity index (χ4n) is 4.18. The Labute approximate surface area is 184 Å². The number of nitrogens with two attached hydrogens (primary N) is 1. The summed E-state index contributed by atoms with van der Waals surface area (Å²) in [5.41, 5.74) is 2.73. The van der Waals surface area contributed by atoms with Gasteiger partial charge in [-0.05, 0) is 19.4 Å². The van der Waals surface area contributed by atoms with Gasteiger partial charge in [0.25, 0.3) is 0 Å². The molecule has 2 heterocycles. The number of nitrogens with zero attached hydrogens (tertiary/aromatic N) is 1. The maximum absolute atomic E-state index is 11.8. The van der Waals surface area contributed by atoms with Crippen LogP contribution in [-0.2, 0) is 14.3 Å². The minimum absolute atomic E-state index is 0.00507. The zero-order valence-electron chi connectivity index (χ0n) is 17.4. The molecule has 2 aliphatic heterocycles. The van der Waals surface area contributed by atoms with Crippen molar-refractivity contribution in [3.63, 3.8) is 0 Å². The molecule has 0 aromatic heterocycles. The highest BCUT2D eigenvalue weighted by molar-refractivity contribution is 5.57. The van der Waals surface area contributed by atoms with E-state index in [4.69, 9.17) is 15.2 Å². The smallest absolute Gasteiger partial charge is 0.201 e. The van der Waals surface area contributed by atoms with Crippen molar-refractivity contribution in [3.8, 4) is 0 Å². The molecule has 0 bridgehead atoms. The number of aliphatic hydroxyl groups excluding tert-OH is 8. The Morgan fingerprint density at radius 2 is 1.50 bits per heavy atom. The van der Waals surface area contributed by atoms with Gasteiger partial charge in [-0.2, -0.15) is 0 Å². The van der Waals surface area contributed by atoms with Crippen LogP contribution in [0.15, 0.2) is 0 Å². The van der Waals surface area contributed by atoms with Gasteiger partial charge in [0, 0.05) is 0 Å². The minimum Gasteiger partial charge on any atom is -0.394 e. The molecular weight excluding hydrogens is 436 g/mol. The van der Waals surface area contributed by atoms with E-state index in [0.29, 0.717) is 25.7 Å². The van der Waals surface area contributed by atoms with Crippen LogP contribution in [0.3, 0.4) is 0 Å². The number of carbonyl (C=O) groups excluding carboxylic acids is 1. The van der Waals surface area contributed by atoms with E-state index in [0.717, 1.165) is 0 Å². The first kappa shape index (κ1) is 27.4. The van der Waals surface area contributed by atoms with E-state index in [1.54, 1.807) is 0 Å². The number of ether oxygens (including phenoxy) is 2. The molecule has 2 saturated heterocycles. The van der Waals surface area contributed by atoms with Crippen molar-refractivity contribution in [3.05, 3.63) is 0 Å². The summed E-state index contributed by atoms with van der Waals surface area (Å²) < 4.78 is 11.0. The molecule has 2 unspecified atom stereocenters. The maximum Gasteiger partial charge on any atom is 0.201 e. The molecule has 0 aromatic rings. The van der Waals surface area contributed by atoms with Crippen molar-refractivity contribution in [2.45, 2.75) is 86.0 Å². The van der Waals surface area contributed by atoms with Crippen molar-refractivity contribution in [1.82, 2.24) is 5.06 Å². The highest BCUT2D eigenvalue weighted by Crippen LogP contribution is 2.42. The summed E-state index contributed by atoms with van der Waals surface area (Å²) in [6, 6.07) is -1.40. The molecule has 0 saturated carbocycles. The van der Waals surface area contributed by atoms with Crippen LogP contribution in [0.5, 0.6) is 0 Å². The molecule has 11 atom stereocenters. The first-order valence-electron chi connectivity index (χ1n) is 10.4. The van der Waals surface area contributed by atoms with Crippen LogP contribution >= 0.6 is 0 Å². The molecule has 188 valence electrons. The van der Waals surface area contributed by atoms with E-state index in [2.05, 4.69) is 0 Å². The van der Waals surface area contributed by atoms with Gasteiger partial charge in [-0.3, -0.25) is 0 Å². The van der Waals surface area contributed by atoms with E-state index < -0.39 is 79.9 Å². The number of carbonyl (C=O) groups is 1. The Bertz CT molecular complexity index is 598. The lowest BCUT2D eigenvalue weighted by atomic mass is 9.80. The first-order chi connectivity index (χ1) is 15.1. The Morgan fingerprint density at radius 1 is 0.906 bits per heavy atom. The fraction of sp³-hybridized carbons (Fsp3) is 0.944. The van der Waals surface area contributed by atoms with Gasteiger partial charge < -0.3 is 66.1 Å². The zero-order valence-corrected chi connectivity index (χ0v) is 17.4. The second-order valence-electron chi connectivity index (χ2n) is 8.10. The molecular formula is C18H34N2O12. The average Bonchev–Trinajstić information content (AvgIpc) is 2.79. The maximum atomic E-state index is 11.8. The Balaban J connectivity index is 2.57. The Hall–Kier alpha value is -0.850. The Morgan fingerprint density at radius 3 is 2.03 bits per heavy atom. The molecule has 0 aromatic carbocycles. The van der Waals surface area contributed by atoms with Crippen molar-refractivity contribution < 1.29 is 60.3 Å². The second-order valence-corrected chi connectivity index (χ2v) is 8.10. The molecule has 0 aliphatic carbocycles. The van der Waals surface area contributed by atoms with Crippen molar-refractivity contribution in [2.24, 2.45) is 5.73 Å². The van der Waals surface area contributed by atoms with Crippen LogP contribution < -0.4 is 5.73 Å². The summed E-state index contributed by atoms with van der Waals surface area (Å²) >= 11 is 0. The van der Waals surface area contributed by atoms with Gasteiger partial charge in [0.1, 0.15) is 61.2 Å². The second kappa shape index (κ2) is 11.5. The normalized spacial score (nSPS) is 43.9. The van der Waals surface area contributed by atoms with Crippen LogP contribution in [0.25, 0.3) is 0 Å². The topological polar surface area (TPSA) is 247 Å². The molecule has 0 radical (unpaired) electrons. The Kier molecular flexibility index (Phi) is 9.87. The number of rotatable bonds is 10. The summed E-state index contributed by atoms with van der Waals surface area (Å²) in [7, 11) is 0. The molecule has 0 spiro atoms. The number of unbranched alkanes of at least 4 members (excludes halogenated alkanes) is 1. The number of hydrogen-bond acceptors (Lipinski definition) is 14. The summed E-state index contributed by atoms with van der Waals surface area (Å²) in [5, 5.41) is 92.8. The van der Waals surface area contributed by atoms with Crippen LogP contribution in [0.1, 0.15) is 19.3 Å². The number of hydroxylamine groups is 2. The molecule has 14 heteroatoms. The van der Waals surface area contributed by atoms with Gasteiger partial charge in [0.15, 0.2) is 0 Å². The number of aldehydes is 1. The van der Waals surface area contributed by atoms with E-state index >= 15 is 0 Å².